The molecule has 2 N–H and O–H groups in total. The van der Waals surface area contributed by atoms with E-state index in [0.717, 1.165) is 11.3 Å². The molecule has 21 heavy (non-hydrogen) atoms. The maximum Gasteiger partial charge on any atom is 0.304 e. The second-order valence-electron chi connectivity index (χ2n) is 5.72. The Bertz CT molecular complexity index is 528. The molecule has 1 atom stereocenters. The monoisotopic (exact) mass is 290 g/mol. The number of carboxylic acids is 1. The molecule has 0 saturated heterocycles. The van der Waals surface area contributed by atoms with Gasteiger partial charge in [-0.2, -0.15) is 0 Å². The predicted octanol–water partition coefficient (Wildman–Crippen LogP) is 1.98. The van der Waals surface area contributed by atoms with E-state index in [4.69, 9.17) is 5.11 Å². The van der Waals surface area contributed by atoms with Gasteiger partial charge in [0.15, 0.2) is 0 Å². The zero-order valence-electron chi connectivity index (χ0n) is 12.5. The van der Waals surface area contributed by atoms with E-state index in [-0.39, 0.29) is 18.2 Å². The van der Waals surface area contributed by atoms with Crippen molar-refractivity contribution in [2.75, 3.05) is 18.0 Å². The molecule has 1 aliphatic rings. The number of amides is 1. The topological polar surface area (TPSA) is 69.6 Å². The van der Waals surface area contributed by atoms with Crippen LogP contribution in [-0.4, -0.2) is 36.1 Å². The summed E-state index contributed by atoms with van der Waals surface area (Å²) in [5.74, 6) is -0.894. The van der Waals surface area contributed by atoms with Crippen LogP contribution in [0.25, 0.3) is 0 Å². The van der Waals surface area contributed by atoms with Crippen LogP contribution in [0.3, 0.4) is 0 Å². The van der Waals surface area contributed by atoms with Crippen LogP contribution in [0.2, 0.25) is 0 Å². The summed E-state index contributed by atoms with van der Waals surface area (Å²) in [5, 5.41) is 12.2. The van der Waals surface area contributed by atoms with Gasteiger partial charge in [-0.25, -0.2) is 0 Å². The number of para-hydroxylation sites is 1. The summed E-state index contributed by atoms with van der Waals surface area (Å²) in [7, 11) is 0. The average molecular weight is 290 g/mol. The highest BCUT2D eigenvalue weighted by atomic mass is 16.4. The quantitative estimate of drug-likeness (QED) is 0.840. The molecule has 1 unspecified atom stereocenters. The highest BCUT2D eigenvalue weighted by molar-refractivity contribution is 5.96. The first-order valence-corrected chi connectivity index (χ1v) is 7.33. The molecule has 0 spiro atoms. The van der Waals surface area contributed by atoms with Gasteiger partial charge >= 0.3 is 5.97 Å². The zero-order valence-corrected chi connectivity index (χ0v) is 12.5. The van der Waals surface area contributed by atoms with Crippen molar-refractivity contribution in [3.05, 3.63) is 29.8 Å². The zero-order chi connectivity index (χ0) is 15.4. The van der Waals surface area contributed by atoms with Crippen LogP contribution in [0.5, 0.6) is 0 Å². The predicted molar refractivity (Wildman–Crippen MR) is 81.5 cm³/mol. The van der Waals surface area contributed by atoms with Gasteiger partial charge in [0.05, 0.1) is 6.42 Å². The van der Waals surface area contributed by atoms with E-state index in [1.165, 1.54) is 0 Å². The molecule has 0 fully saturated rings. The second kappa shape index (κ2) is 6.72. The number of benzene rings is 1. The number of carbonyl (C=O) groups excluding carboxylic acids is 1. The van der Waals surface area contributed by atoms with Crippen molar-refractivity contribution in [2.24, 2.45) is 0 Å². The first-order chi connectivity index (χ1) is 9.99. The van der Waals surface area contributed by atoms with Gasteiger partial charge in [0.2, 0.25) is 5.91 Å². The summed E-state index contributed by atoms with van der Waals surface area (Å²) in [4.78, 5) is 25.1. The minimum absolute atomic E-state index is 0.0449. The smallest absolute Gasteiger partial charge is 0.304 e. The Morgan fingerprint density at radius 1 is 1.38 bits per heavy atom. The van der Waals surface area contributed by atoms with Gasteiger partial charge in [-0.3, -0.25) is 9.59 Å². The summed E-state index contributed by atoms with van der Waals surface area (Å²) in [5.41, 5.74) is 1.82. The van der Waals surface area contributed by atoms with Crippen LogP contribution < -0.4 is 10.2 Å². The lowest BCUT2D eigenvalue weighted by Crippen LogP contribution is -2.34. The van der Waals surface area contributed by atoms with Gasteiger partial charge in [0.25, 0.3) is 0 Å². The van der Waals surface area contributed by atoms with Gasteiger partial charge in [-0.15, -0.1) is 0 Å². The number of nitrogens with one attached hydrogen (secondary N) is 1. The Morgan fingerprint density at radius 2 is 2.10 bits per heavy atom. The molecule has 5 nitrogen and oxygen atoms in total. The number of rotatable bonds is 6. The molecule has 1 amide bonds. The second-order valence-corrected chi connectivity index (χ2v) is 5.72. The first-order valence-electron chi connectivity index (χ1n) is 7.33. The molecule has 0 bridgehead atoms. The Hall–Kier alpha value is -1.88. The first kappa shape index (κ1) is 15.5. The van der Waals surface area contributed by atoms with Gasteiger partial charge in [0.1, 0.15) is 0 Å². The normalized spacial score (nSPS) is 17.1. The third-order valence-corrected chi connectivity index (χ3v) is 3.68. The molecular formula is C16H22N2O3. The minimum Gasteiger partial charge on any atom is -0.481 e. The maximum absolute atomic E-state index is 12.4. The SMILES string of the molecule is CC(C)NCCC(=O)N1CC(CC(=O)O)c2ccccc21. The van der Waals surface area contributed by atoms with Gasteiger partial charge < -0.3 is 15.3 Å². The molecule has 114 valence electrons. The fraction of sp³-hybridized carbons (Fsp3) is 0.500. The van der Waals surface area contributed by atoms with Crippen LogP contribution >= 0.6 is 0 Å². The van der Waals surface area contributed by atoms with E-state index in [2.05, 4.69) is 5.32 Å². The largest absolute Gasteiger partial charge is 0.481 e. The summed E-state index contributed by atoms with van der Waals surface area (Å²) >= 11 is 0. The van der Waals surface area contributed by atoms with E-state index in [1.54, 1.807) is 4.90 Å². The minimum atomic E-state index is -0.828. The Labute approximate surface area is 125 Å². The number of aliphatic carboxylic acids is 1. The van der Waals surface area contributed by atoms with Crippen LogP contribution in [0.15, 0.2) is 24.3 Å². The van der Waals surface area contributed by atoms with E-state index in [0.29, 0.717) is 25.6 Å². The fourth-order valence-corrected chi connectivity index (χ4v) is 2.72. The molecule has 0 saturated carbocycles. The standard InChI is InChI=1S/C16H22N2O3/c1-11(2)17-8-7-15(19)18-10-12(9-16(20)21)13-5-3-4-6-14(13)18/h3-6,11-12,17H,7-10H2,1-2H3,(H,20,21). The van der Waals surface area contributed by atoms with Crippen LogP contribution in [-0.2, 0) is 9.59 Å². The van der Waals surface area contributed by atoms with Crippen molar-refractivity contribution in [2.45, 2.75) is 38.6 Å². The van der Waals surface area contributed by atoms with Crippen LogP contribution in [0, 0.1) is 0 Å². The highest BCUT2D eigenvalue weighted by Crippen LogP contribution is 2.38. The number of hydrogen-bond acceptors (Lipinski definition) is 3. The summed E-state index contributed by atoms with van der Waals surface area (Å²) in [6, 6.07) is 7.94. The lowest BCUT2D eigenvalue weighted by atomic mass is 9.98. The van der Waals surface area contributed by atoms with Crippen molar-refractivity contribution in [1.82, 2.24) is 5.32 Å². The van der Waals surface area contributed by atoms with Gasteiger partial charge in [0, 0.05) is 37.2 Å². The third kappa shape index (κ3) is 3.82. The number of hydrogen-bond donors (Lipinski definition) is 2. The van der Waals surface area contributed by atoms with Gasteiger partial charge in [-0.1, -0.05) is 32.0 Å². The summed E-state index contributed by atoms with van der Waals surface area (Å²) < 4.78 is 0. The average Bonchev–Trinajstić information content (AvgIpc) is 2.77. The lowest BCUT2D eigenvalue weighted by Gasteiger charge is -2.18. The molecule has 1 aromatic rings. The number of anilines is 1. The van der Waals surface area contributed by atoms with Crippen molar-refractivity contribution < 1.29 is 14.7 Å². The number of nitrogens with zero attached hydrogens (tertiary/aromatic N) is 1. The Balaban J connectivity index is 2.07. The van der Waals surface area contributed by atoms with E-state index in [9.17, 15) is 9.59 Å². The summed E-state index contributed by atoms with van der Waals surface area (Å²) in [6.45, 7) is 5.18. The molecule has 0 aliphatic carbocycles. The lowest BCUT2D eigenvalue weighted by molar-refractivity contribution is -0.137. The summed E-state index contributed by atoms with van der Waals surface area (Å²) in [6.07, 6.45) is 0.483. The van der Waals surface area contributed by atoms with E-state index in [1.807, 2.05) is 38.1 Å². The highest BCUT2D eigenvalue weighted by Gasteiger charge is 2.32. The Morgan fingerprint density at radius 3 is 2.76 bits per heavy atom. The van der Waals surface area contributed by atoms with Gasteiger partial charge in [-0.05, 0) is 11.6 Å². The van der Waals surface area contributed by atoms with E-state index < -0.39 is 5.97 Å². The van der Waals surface area contributed by atoms with Crippen LogP contribution in [0.1, 0.15) is 38.2 Å². The van der Waals surface area contributed by atoms with Crippen LogP contribution in [0.4, 0.5) is 5.69 Å². The molecule has 0 aromatic heterocycles. The third-order valence-electron chi connectivity index (χ3n) is 3.68. The number of carbonyl (C=O) groups is 2. The van der Waals surface area contributed by atoms with E-state index >= 15 is 0 Å². The molecule has 1 aromatic carbocycles. The molecular weight excluding hydrogens is 268 g/mol. The maximum atomic E-state index is 12.4. The molecule has 2 rings (SSSR count). The molecule has 1 aliphatic heterocycles. The fourth-order valence-electron chi connectivity index (χ4n) is 2.72. The number of fused-ring (bicyclic) bond motifs is 1. The molecule has 0 radical (unpaired) electrons. The molecule has 5 heteroatoms. The van der Waals surface area contributed by atoms with Crippen molar-refractivity contribution >= 4 is 17.6 Å². The number of carboxylic acid groups (broad SMARTS) is 1. The van der Waals surface area contributed by atoms with Crippen molar-refractivity contribution in [3.63, 3.8) is 0 Å². The van der Waals surface area contributed by atoms with Crippen molar-refractivity contribution in [1.29, 1.82) is 0 Å². The Kier molecular flexibility index (Phi) is 4.96. The van der Waals surface area contributed by atoms with Crippen molar-refractivity contribution in [3.8, 4) is 0 Å². The molecule has 1 heterocycles.